The van der Waals surface area contributed by atoms with Crippen molar-refractivity contribution in [3.8, 4) is 0 Å². The van der Waals surface area contributed by atoms with Gasteiger partial charge in [0, 0.05) is 25.2 Å². The van der Waals surface area contributed by atoms with E-state index in [1.165, 1.54) is 24.2 Å². The smallest absolute Gasteiger partial charge is 0.244 e. The fraction of sp³-hybridized carbons (Fsp3) is 1.00. The molecule has 0 saturated heterocycles. The normalized spacial score (nSPS) is 14.7. The zero-order chi connectivity index (χ0) is 11.0. The predicted molar refractivity (Wildman–Crippen MR) is 69.3 cm³/mol. The monoisotopic (exact) mass is 320 g/mol. The van der Waals surface area contributed by atoms with Crippen LogP contribution >= 0.6 is 17.1 Å². The Bertz CT molecular complexity index is 191. The first-order valence-corrected chi connectivity index (χ1v) is 9.36. The van der Waals surface area contributed by atoms with Gasteiger partial charge >= 0.3 is 0 Å². The Labute approximate surface area is 116 Å². The molecule has 0 rings (SSSR count). The van der Waals surface area contributed by atoms with Crippen molar-refractivity contribution in [2.75, 3.05) is 12.4 Å². The largest absolute Gasteiger partial charge is 0.337 e. The molecule has 2 nitrogen and oxygen atoms in total. The van der Waals surface area contributed by atoms with Crippen molar-refractivity contribution in [3.63, 3.8) is 0 Å². The fourth-order valence-corrected chi connectivity index (χ4v) is 4.28. The Morgan fingerprint density at radius 1 is 1.40 bits per heavy atom. The van der Waals surface area contributed by atoms with Crippen molar-refractivity contribution in [1.82, 2.24) is 0 Å². The molecule has 0 bridgehead atoms. The van der Waals surface area contributed by atoms with Gasteiger partial charge in [-0.2, -0.15) is 0 Å². The molecule has 0 aromatic carbocycles. The molecule has 1 unspecified atom stereocenters. The van der Waals surface area contributed by atoms with Gasteiger partial charge in [0.2, 0.25) is 5.69 Å². The third-order valence-corrected chi connectivity index (χ3v) is 5.95. The van der Waals surface area contributed by atoms with Crippen LogP contribution in [0.3, 0.4) is 0 Å². The van der Waals surface area contributed by atoms with E-state index in [0.717, 1.165) is 12.2 Å². The van der Waals surface area contributed by atoms with E-state index >= 15 is 0 Å². The summed E-state index contributed by atoms with van der Waals surface area (Å²) in [4.78, 5) is 9.73. The van der Waals surface area contributed by atoms with E-state index in [0.29, 0.717) is 12.5 Å². The molecule has 15 heavy (non-hydrogen) atoms. The Morgan fingerprint density at radius 2 is 2.00 bits per heavy atom. The van der Waals surface area contributed by atoms with Gasteiger partial charge in [-0.1, -0.05) is 45.0 Å². The third-order valence-electron chi connectivity index (χ3n) is 1.57. The second kappa shape index (κ2) is 10.7. The number of unbranched alkanes of at least 4 members (excludes halogenated alkanes) is 2. The maximum absolute atomic E-state index is 9.73. The Morgan fingerprint density at radius 3 is 2.47 bits per heavy atom. The minimum atomic E-state index is -2.54. The first-order valence-electron chi connectivity index (χ1n) is 5.10. The molecule has 0 aromatic heterocycles. The molecular formula is C9H21O2PS2Zn. The van der Waals surface area contributed by atoms with E-state index < -0.39 is 5.69 Å². The molecule has 0 radical (unpaired) electrons. The summed E-state index contributed by atoms with van der Waals surface area (Å²) >= 11 is 6.44. The van der Waals surface area contributed by atoms with Gasteiger partial charge in [0.15, 0.2) is 0 Å². The molecule has 0 amide bonds. The van der Waals surface area contributed by atoms with E-state index in [2.05, 4.69) is 20.8 Å². The van der Waals surface area contributed by atoms with Gasteiger partial charge in [0.25, 0.3) is 0 Å². The van der Waals surface area contributed by atoms with Gasteiger partial charge in [-0.3, -0.25) is 0 Å². The van der Waals surface area contributed by atoms with Crippen LogP contribution in [-0.2, 0) is 35.8 Å². The van der Waals surface area contributed by atoms with E-state index in [9.17, 15) is 4.89 Å². The number of hydrogen-bond acceptors (Lipinski definition) is 3. The minimum Gasteiger partial charge on any atom is -0.337 e. The van der Waals surface area contributed by atoms with Crippen LogP contribution in [0.5, 0.6) is 0 Å². The molecule has 1 atom stereocenters. The van der Waals surface area contributed by atoms with Crippen LogP contribution in [0.4, 0.5) is 0 Å². The van der Waals surface area contributed by atoms with Crippen LogP contribution < -0.4 is 0 Å². The van der Waals surface area contributed by atoms with Crippen LogP contribution in [0, 0.1) is 5.92 Å². The molecule has 1 N–H and O–H groups in total. The average Bonchev–Trinajstić information content (AvgIpc) is 2.10. The third kappa shape index (κ3) is 13.5. The van der Waals surface area contributed by atoms with Crippen molar-refractivity contribution in [2.45, 2.75) is 40.0 Å². The fourth-order valence-electron chi connectivity index (χ4n) is 0.813. The molecule has 0 saturated carbocycles. The summed E-state index contributed by atoms with van der Waals surface area (Å²) in [6, 6.07) is 0. The van der Waals surface area contributed by atoms with E-state index in [-0.39, 0.29) is 19.5 Å². The van der Waals surface area contributed by atoms with Gasteiger partial charge in [0.1, 0.15) is 0 Å². The van der Waals surface area contributed by atoms with E-state index in [1.807, 2.05) is 0 Å². The van der Waals surface area contributed by atoms with Gasteiger partial charge in [-0.05, 0) is 24.1 Å². The number of rotatable bonds is 8. The molecule has 88 valence electrons. The molecule has 0 aliphatic rings. The summed E-state index contributed by atoms with van der Waals surface area (Å²) in [5.41, 5.74) is -2.54. The van der Waals surface area contributed by atoms with Crippen LogP contribution in [0.1, 0.15) is 40.0 Å². The van der Waals surface area contributed by atoms with Crippen molar-refractivity contribution in [2.24, 2.45) is 5.92 Å². The molecule has 6 heteroatoms. The Balaban J connectivity index is 0. The second-order valence-corrected chi connectivity index (χ2v) is 10.00. The molecular weight excluding hydrogens is 301 g/mol. The van der Waals surface area contributed by atoms with E-state index in [1.54, 1.807) is 0 Å². The molecule has 0 aliphatic heterocycles. The zero-order valence-corrected chi connectivity index (χ0v) is 15.4. The van der Waals surface area contributed by atoms with Crippen LogP contribution in [0.15, 0.2) is 0 Å². The Kier molecular flexibility index (Phi) is 13.5. The standard InChI is InChI=1S/C9H21O2PS2.Zn/c1-4-5-6-7-14-12(10,13)11-8-9(2)3;/h9H,4-8H2,1-3H3,(H,10,13);. The van der Waals surface area contributed by atoms with Crippen LogP contribution in [-0.4, -0.2) is 17.3 Å². The Hall–Kier alpha value is 1.54. The minimum absolute atomic E-state index is 0. The summed E-state index contributed by atoms with van der Waals surface area (Å²) in [6.07, 6.45) is 3.51. The summed E-state index contributed by atoms with van der Waals surface area (Å²) in [5, 5.41) is 0. The number of hydrogen-bond donors (Lipinski definition) is 1. The summed E-state index contributed by atoms with van der Waals surface area (Å²) in [5.74, 6) is 1.35. The van der Waals surface area contributed by atoms with Gasteiger partial charge in [0.05, 0.1) is 6.61 Å². The zero-order valence-electron chi connectivity index (χ0n) is 9.94. The quantitative estimate of drug-likeness (QED) is 0.418. The van der Waals surface area contributed by atoms with Crippen LogP contribution in [0.25, 0.3) is 0 Å². The molecule has 0 spiro atoms. The van der Waals surface area contributed by atoms with Crippen molar-refractivity contribution in [1.29, 1.82) is 0 Å². The summed E-state index contributed by atoms with van der Waals surface area (Å²) in [7, 11) is 0. The maximum atomic E-state index is 9.73. The van der Waals surface area contributed by atoms with Crippen molar-refractivity contribution in [3.05, 3.63) is 0 Å². The van der Waals surface area contributed by atoms with Crippen LogP contribution in [0.2, 0.25) is 0 Å². The topological polar surface area (TPSA) is 29.5 Å². The maximum Gasteiger partial charge on any atom is 0.244 e. The van der Waals surface area contributed by atoms with Gasteiger partial charge < -0.3 is 9.42 Å². The molecule has 0 heterocycles. The first-order chi connectivity index (χ1) is 6.48. The van der Waals surface area contributed by atoms with Crippen molar-refractivity contribution >= 4 is 28.9 Å². The second-order valence-electron chi connectivity index (χ2n) is 3.70. The first kappa shape index (κ1) is 18.9. The van der Waals surface area contributed by atoms with Gasteiger partial charge in [-0.25, -0.2) is 0 Å². The van der Waals surface area contributed by atoms with E-state index in [4.69, 9.17) is 16.3 Å². The SMILES string of the molecule is CCCCCSP(O)(=S)OCC(C)C.[Zn]. The summed E-state index contributed by atoms with van der Waals surface area (Å²) in [6.45, 7) is 6.83. The van der Waals surface area contributed by atoms with Crippen molar-refractivity contribution < 1.29 is 28.9 Å². The molecule has 0 aliphatic carbocycles. The molecule has 0 fully saturated rings. The molecule has 0 aromatic rings. The predicted octanol–water partition coefficient (Wildman–Crippen LogP) is 3.80. The van der Waals surface area contributed by atoms with Gasteiger partial charge in [-0.15, -0.1) is 0 Å². The average molecular weight is 322 g/mol. The summed E-state index contributed by atoms with van der Waals surface area (Å²) < 4.78 is 5.32.